The summed E-state index contributed by atoms with van der Waals surface area (Å²) in [7, 11) is 0.379. The Kier molecular flexibility index (Phi) is 5.42. The highest BCUT2D eigenvalue weighted by atomic mass is 79.9. The average molecular weight is 409 g/mol. The zero-order valence-electron chi connectivity index (χ0n) is 15.4. The summed E-state index contributed by atoms with van der Waals surface area (Å²) in [5.41, 5.74) is 0.474. The number of aromatic nitrogens is 2. The molecule has 2 radical (unpaired) electrons. The van der Waals surface area contributed by atoms with Crippen LogP contribution in [0.4, 0.5) is 0 Å². The summed E-state index contributed by atoms with van der Waals surface area (Å²) in [5.74, 6) is 0. The molecule has 0 fully saturated rings. The lowest BCUT2D eigenvalue weighted by Gasteiger charge is -2.30. The third kappa shape index (κ3) is 4.16. The van der Waals surface area contributed by atoms with E-state index in [2.05, 4.69) is 41.8 Å². The Balaban J connectivity index is 2.54. The van der Waals surface area contributed by atoms with Crippen LogP contribution in [0.15, 0.2) is 27.6 Å². The van der Waals surface area contributed by atoms with Crippen molar-refractivity contribution in [2.24, 2.45) is 0 Å². The molecule has 0 saturated carbocycles. The number of rotatable bonds is 4. The molecule has 2 rings (SSSR count). The highest BCUT2D eigenvalue weighted by Gasteiger charge is 2.26. The predicted molar refractivity (Wildman–Crippen MR) is 104 cm³/mol. The lowest BCUT2D eigenvalue weighted by Crippen LogP contribution is -2.29. The smallest absolute Gasteiger partial charge is 0.274 e. The summed E-state index contributed by atoms with van der Waals surface area (Å²) in [6.45, 7) is 14.5. The van der Waals surface area contributed by atoms with Gasteiger partial charge in [0.25, 0.3) is 5.56 Å². The molecule has 1 heterocycles. The van der Waals surface area contributed by atoms with Gasteiger partial charge in [0.1, 0.15) is 4.60 Å². The van der Waals surface area contributed by atoms with Crippen molar-refractivity contribution in [3.05, 3.63) is 38.7 Å². The molecule has 0 N–H and O–H groups in total. The van der Waals surface area contributed by atoms with E-state index in [0.717, 1.165) is 10.9 Å². The van der Waals surface area contributed by atoms with Gasteiger partial charge in [-0.25, -0.2) is 4.68 Å². The van der Waals surface area contributed by atoms with Crippen LogP contribution in [0.5, 0.6) is 0 Å². The Bertz CT molecular complexity index is 807. The minimum absolute atomic E-state index is 0.00786. The Hall–Kier alpha value is -0.983. The number of benzene rings is 1. The summed E-state index contributed by atoms with van der Waals surface area (Å²) in [5, 5.41) is 5.96. The standard InChI is InChI=1S/C18H25BrN2O2Si/c1-11(2)21-16(22)14-10-12(8-9-13(14)15(19)20-21)18(6,7)23-24-17(3,4)5/h8-11H,1-7H3. The molecular formula is C18H25BrN2O2Si. The van der Waals surface area contributed by atoms with Crippen molar-refractivity contribution in [2.75, 3.05) is 0 Å². The van der Waals surface area contributed by atoms with Gasteiger partial charge >= 0.3 is 0 Å². The van der Waals surface area contributed by atoms with E-state index in [0.29, 0.717) is 19.8 Å². The fourth-order valence-corrected chi connectivity index (χ4v) is 3.48. The van der Waals surface area contributed by atoms with Crippen molar-refractivity contribution in [3.63, 3.8) is 0 Å². The lowest BCUT2D eigenvalue weighted by atomic mass is 9.96. The van der Waals surface area contributed by atoms with Crippen molar-refractivity contribution >= 4 is 36.5 Å². The van der Waals surface area contributed by atoms with Gasteiger partial charge in [0.15, 0.2) is 0 Å². The van der Waals surface area contributed by atoms with Gasteiger partial charge in [-0.2, -0.15) is 5.10 Å². The average Bonchev–Trinajstić information content (AvgIpc) is 2.47. The monoisotopic (exact) mass is 408 g/mol. The van der Waals surface area contributed by atoms with Gasteiger partial charge in [-0.05, 0) is 60.3 Å². The van der Waals surface area contributed by atoms with Crippen LogP contribution in [0.1, 0.15) is 60.1 Å². The number of hydrogen-bond donors (Lipinski definition) is 0. The second-order valence-corrected chi connectivity index (χ2v) is 10.5. The highest BCUT2D eigenvalue weighted by Crippen LogP contribution is 2.31. The van der Waals surface area contributed by atoms with Gasteiger partial charge in [-0.1, -0.05) is 32.9 Å². The van der Waals surface area contributed by atoms with Crippen molar-refractivity contribution in [3.8, 4) is 0 Å². The van der Waals surface area contributed by atoms with Crippen LogP contribution < -0.4 is 5.56 Å². The van der Waals surface area contributed by atoms with E-state index in [1.165, 1.54) is 4.68 Å². The van der Waals surface area contributed by atoms with E-state index in [1.807, 2.05) is 45.9 Å². The molecule has 24 heavy (non-hydrogen) atoms. The van der Waals surface area contributed by atoms with Crippen molar-refractivity contribution in [1.29, 1.82) is 0 Å². The molecule has 4 nitrogen and oxygen atoms in total. The molecule has 0 aliphatic carbocycles. The van der Waals surface area contributed by atoms with Gasteiger partial charge in [0, 0.05) is 5.39 Å². The molecule has 0 atom stereocenters. The first-order valence-electron chi connectivity index (χ1n) is 8.10. The first kappa shape index (κ1) is 19.3. The zero-order valence-corrected chi connectivity index (χ0v) is 18.0. The molecule has 0 aliphatic rings. The van der Waals surface area contributed by atoms with Crippen LogP contribution in [0, 0.1) is 0 Å². The SMILES string of the molecule is CC(C)n1nc(Br)c2ccc(C(C)(C)O[Si]C(C)(C)C)cc2c1=O. The Morgan fingerprint density at radius 1 is 1.17 bits per heavy atom. The molecule has 0 bridgehead atoms. The first-order valence-corrected chi connectivity index (χ1v) is 9.80. The van der Waals surface area contributed by atoms with Crippen molar-refractivity contribution in [2.45, 2.75) is 65.1 Å². The summed E-state index contributed by atoms with van der Waals surface area (Å²) >= 11 is 3.48. The minimum Gasteiger partial charge on any atom is -0.408 e. The molecule has 0 unspecified atom stereocenters. The summed E-state index contributed by atoms with van der Waals surface area (Å²) in [6, 6.07) is 5.91. The summed E-state index contributed by atoms with van der Waals surface area (Å²) < 4.78 is 8.37. The van der Waals surface area contributed by atoms with E-state index in [9.17, 15) is 4.79 Å². The van der Waals surface area contributed by atoms with Gasteiger partial charge in [-0.3, -0.25) is 4.79 Å². The van der Waals surface area contributed by atoms with E-state index < -0.39 is 5.60 Å². The lowest BCUT2D eigenvalue weighted by molar-refractivity contribution is 0.109. The molecule has 0 aliphatic heterocycles. The van der Waals surface area contributed by atoms with E-state index in [1.54, 1.807) is 0 Å². The number of hydrogen-bond acceptors (Lipinski definition) is 3. The van der Waals surface area contributed by atoms with Gasteiger partial charge < -0.3 is 4.43 Å². The van der Waals surface area contributed by atoms with Crippen LogP contribution in [0.2, 0.25) is 5.04 Å². The highest BCUT2D eigenvalue weighted by molar-refractivity contribution is 9.10. The van der Waals surface area contributed by atoms with Gasteiger partial charge in [0.2, 0.25) is 9.76 Å². The van der Waals surface area contributed by atoms with E-state index in [4.69, 9.17) is 4.43 Å². The largest absolute Gasteiger partial charge is 0.408 e. The third-order valence-corrected chi connectivity index (χ3v) is 5.48. The molecule has 1 aromatic carbocycles. The van der Waals surface area contributed by atoms with Crippen molar-refractivity contribution in [1.82, 2.24) is 9.78 Å². The molecule has 0 spiro atoms. The van der Waals surface area contributed by atoms with Crippen LogP contribution in [-0.2, 0) is 10.0 Å². The number of fused-ring (bicyclic) bond motifs is 1. The second kappa shape index (κ2) is 6.73. The first-order chi connectivity index (χ1) is 10.9. The molecule has 130 valence electrons. The molecular weight excluding hydrogens is 384 g/mol. The maximum Gasteiger partial charge on any atom is 0.274 e. The number of halogens is 1. The van der Waals surface area contributed by atoms with Crippen LogP contribution in [0.25, 0.3) is 10.8 Å². The number of nitrogens with zero attached hydrogens (tertiary/aromatic N) is 2. The van der Waals surface area contributed by atoms with E-state index in [-0.39, 0.29) is 16.6 Å². The van der Waals surface area contributed by atoms with E-state index >= 15 is 0 Å². The molecule has 2 aromatic rings. The summed E-state index contributed by atoms with van der Waals surface area (Å²) in [4.78, 5) is 12.8. The fraction of sp³-hybridized carbons (Fsp3) is 0.556. The maximum atomic E-state index is 12.8. The Labute approximate surface area is 154 Å². The Morgan fingerprint density at radius 2 is 1.79 bits per heavy atom. The predicted octanol–water partition coefficient (Wildman–Crippen LogP) is 4.83. The van der Waals surface area contributed by atoms with Crippen LogP contribution in [0.3, 0.4) is 0 Å². The van der Waals surface area contributed by atoms with Crippen LogP contribution in [-0.4, -0.2) is 19.5 Å². The second-order valence-electron chi connectivity index (χ2n) is 7.86. The molecule has 0 amide bonds. The Morgan fingerprint density at radius 3 is 2.33 bits per heavy atom. The summed E-state index contributed by atoms with van der Waals surface area (Å²) in [6.07, 6.45) is 0. The minimum atomic E-state index is -0.454. The molecule has 6 heteroatoms. The molecule has 1 aromatic heterocycles. The maximum absolute atomic E-state index is 12.8. The molecule has 0 saturated heterocycles. The topological polar surface area (TPSA) is 44.1 Å². The van der Waals surface area contributed by atoms with Gasteiger partial charge in [-0.15, -0.1) is 0 Å². The normalized spacial score (nSPS) is 13.0. The zero-order chi connectivity index (χ0) is 18.3. The fourth-order valence-electron chi connectivity index (χ4n) is 2.28. The quantitative estimate of drug-likeness (QED) is 0.680. The van der Waals surface area contributed by atoms with Crippen LogP contribution >= 0.6 is 15.9 Å². The third-order valence-electron chi connectivity index (χ3n) is 3.67. The van der Waals surface area contributed by atoms with Gasteiger partial charge in [0.05, 0.1) is 17.0 Å². The van der Waals surface area contributed by atoms with Crippen molar-refractivity contribution < 1.29 is 4.43 Å².